The van der Waals surface area contributed by atoms with Crippen LogP contribution in [0.4, 0.5) is 0 Å². The fourth-order valence-corrected chi connectivity index (χ4v) is 2.26. The third-order valence-electron chi connectivity index (χ3n) is 3.70. The average molecular weight is 368 g/mol. The van der Waals surface area contributed by atoms with Gasteiger partial charge < -0.3 is 15.4 Å². The quantitative estimate of drug-likeness (QED) is 0.651. The van der Waals surface area contributed by atoms with Crippen molar-refractivity contribution in [2.24, 2.45) is 0 Å². The summed E-state index contributed by atoms with van der Waals surface area (Å²) in [6, 6.07) is 8.04. The maximum atomic E-state index is 12.0. The molecule has 1 aromatic carbocycles. The van der Waals surface area contributed by atoms with Crippen molar-refractivity contribution in [3.63, 3.8) is 0 Å². The number of aromatic nitrogens is 3. The zero-order chi connectivity index (χ0) is 17.4. The van der Waals surface area contributed by atoms with Gasteiger partial charge in [0, 0.05) is 26.7 Å². The van der Waals surface area contributed by atoms with Crippen molar-refractivity contribution in [1.82, 2.24) is 25.6 Å². The molecule has 2 rings (SSSR count). The van der Waals surface area contributed by atoms with Crippen molar-refractivity contribution in [3.8, 4) is 5.69 Å². The lowest BCUT2D eigenvalue weighted by Crippen LogP contribution is -2.34. The Kier molecular flexibility index (Phi) is 9.12. The minimum atomic E-state index is -0.0532. The predicted molar refractivity (Wildman–Crippen MR) is 99.5 cm³/mol. The molecule has 0 fully saturated rings. The summed E-state index contributed by atoms with van der Waals surface area (Å²) in [4.78, 5) is 12.0. The Morgan fingerprint density at radius 1 is 1.16 bits per heavy atom. The molecule has 0 saturated carbocycles. The Balaban J connectivity index is 0.00000312. The second kappa shape index (κ2) is 10.8. The summed E-state index contributed by atoms with van der Waals surface area (Å²) in [6.07, 6.45) is 0.232. The van der Waals surface area contributed by atoms with Gasteiger partial charge in [-0.15, -0.1) is 17.5 Å². The highest BCUT2D eigenvalue weighted by Gasteiger charge is 2.13. The first-order valence-electron chi connectivity index (χ1n) is 8.06. The van der Waals surface area contributed by atoms with Gasteiger partial charge in [0.15, 0.2) is 0 Å². The number of benzene rings is 1. The minimum absolute atomic E-state index is 0. The molecule has 25 heavy (non-hydrogen) atoms. The molecule has 0 bridgehead atoms. The lowest BCUT2D eigenvalue weighted by Gasteiger charge is -2.06. The molecule has 0 saturated heterocycles. The van der Waals surface area contributed by atoms with Gasteiger partial charge in [-0.2, -0.15) is 0 Å². The SMILES string of the molecule is COCCNCCNC(=O)Cc1nnn(-c2ccc(C)cc2)c1C.Cl. The molecule has 2 aromatic rings. The largest absolute Gasteiger partial charge is 0.383 e. The van der Waals surface area contributed by atoms with Gasteiger partial charge in [-0.05, 0) is 26.0 Å². The number of amides is 1. The highest BCUT2D eigenvalue weighted by Crippen LogP contribution is 2.13. The van der Waals surface area contributed by atoms with Crippen molar-refractivity contribution in [2.45, 2.75) is 20.3 Å². The smallest absolute Gasteiger partial charge is 0.226 e. The zero-order valence-electron chi connectivity index (χ0n) is 14.9. The molecule has 0 aliphatic rings. The number of rotatable bonds is 9. The van der Waals surface area contributed by atoms with Crippen molar-refractivity contribution in [1.29, 1.82) is 0 Å². The molecule has 2 N–H and O–H groups in total. The second-order valence-corrected chi connectivity index (χ2v) is 5.64. The molecule has 0 radical (unpaired) electrons. The van der Waals surface area contributed by atoms with Crippen molar-refractivity contribution < 1.29 is 9.53 Å². The molecule has 1 aromatic heterocycles. The van der Waals surface area contributed by atoms with Gasteiger partial charge in [0.2, 0.25) is 5.91 Å². The molecule has 0 aliphatic carbocycles. The van der Waals surface area contributed by atoms with Gasteiger partial charge in [0.1, 0.15) is 0 Å². The lowest BCUT2D eigenvalue weighted by molar-refractivity contribution is -0.120. The molecule has 0 unspecified atom stereocenters. The number of halogens is 1. The number of aryl methyl sites for hydroxylation is 1. The second-order valence-electron chi connectivity index (χ2n) is 5.64. The van der Waals surface area contributed by atoms with Gasteiger partial charge in [-0.3, -0.25) is 4.79 Å². The summed E-state index contributed by atoms with van der Waals surface area (Å²) in [6.45, 7) is 6.69. The summed E-state index contributed by atoms with van der Waals surface area (Å²) < 4.78 is 6.70. The fraction of sp³-hybridized carbons (Fsp3) is 0.471. The molecule has 0 spiro atoms. The van der Waals surface area contributed by atoms with Crippen molar-refractivity contribution in [2.75, 3.05) is 33.4 Å². The van der Waals surface area contributed by atoms with Gasteiger partial charge in [-0.1, -0.05) is 22.9 Å². The van der Waals surface area contributed by atoms with Gasteiger partial charge >= 0.3 is 0 Å². The normalized spacial score (nSPS) is 10.4. The fourth-order valence-electron chi connectivity index (χ4n) is 2.26. The maximum absolute atomic E-state index is 12.0. The van der Waals surface area contributed by atoms with Crippen LogP contribution in [0.3, 0.4) is 0 Å². The van der Waals surface area contributed by atoms with E-state index in [-0.39, 0.29) is 24.7 Å². The first kappa shape index (κ1) is 21.1. The summed E-state index contributed by atoms with van der Waals surface area (Å²) in [5, 5.41) is 14.4. The van der Waals surface area contributed by atoms with E-state index in [1.165, 1.54) is 5.56 Å². The van der Waals surface area contributed by atoms with Crippen LogP contribution in [-0.4, -0.2) is 54.3 Å². The highest BCUT2D eigenvalue weighted by molar-refractivity contribution is 5.85. The zero-order valence-corrected chi connectivity index (χ0v) is 15.7. The van der Waals surface area contributed by atoms with Crippen LogP contribution in [0, 0.1) is 13.8 Å². The Bertz CT molecular complexity index is 658. The third kappa shape index (κ3) is 6.45. The molecule has 1 amide bonds. The van der Waals surface area contributed by atoms with E-state index in [4.69, 9.17) is 4.74 Å². The Labute approximate surface area is 154 Å². The van der Waals surface area contributed by atoms with E-state index in [0.717, 1.165) is 17.9 Å². The number of hydrogen-bond donors (Lipinski definition) is 2. The van der Waals surface area contributed by atoms with E-state index < -0.39 is 0 Å². The lowest BCUT2D eigenvalue weighted by atomic mass is 10.2. The van der Waals surface area contributed by atoms with Gasteiger partial charge in [-0.25, -0.2) is 4.68 Å². The summed E-state index contributed by atoms with van der Waals surface area (Å²) in [7, 11) is 1.66. The first-order chi connectivity index (χ1) is 11.6. The average Bonchev–Trinajstić information content (AvgIpc) is 2.92. The van der Waals surface area contributed by atoms with Crippen LogP contribution in [0.15, 0.2) is 24.3 Å². The van der Waals surface area contributed by atoms with Crippen LogP contribution in [0.1, 0.15) is 17.0 Å². The molecule has 1 heterocycles. The number of carbonyl (C=O) groups is 1. The Morgan fingerprint density at radius 2 is 1.88 bits per heavy atom. The van der Waals surface area contributed by atoms with Gasteiger partial charge in [0.25, 0.3) is 0 Å². The number of ether oxygens (including phenoxy) is 1. The number of methoxy groups -OCH3 is 1. The van der Waals surface area contributed by atoms with Crippen LogP contribution >= 0.6 is 12.4 Å². The van der Waals surface area contributed by atoms with Crippen LogP contribution in [0.5, 0.6) is 0 Å². The van der Waals surface area contributed by atoms with Crippen LogP contribution in [0.25, 0.3) is 5.69 Å². The van der Waals surface area contributed by atoms with E-state index in [9.17, 15) is 4.79 Å². The minimum Gasteiger partial charge on any atom is -0.383 e. The molecule has 8 heteroatoms. The summed E-state index contributed by atoms with van der Waals surface area (Å²) in [5.41, 5.74) is 3.71. The number of carbonyl (C=O) groups excluding carboxylic acids is 1. The van der Waals surface area contributed by atoms with Crippen LogP contribution in [-0.2, 0) is 16.0 Å². The molecular weight excluding hydrogens is 342 g/mol. The summed E-state index contributed by atoms with van der Waals surface area (Å²) >= 11 is 0. The van der Waals surface area contributed by atoms with E-state index >= 15 is 0 Å². The molecule has 0 atom stereocenters. The molecule has 138 valence electrons. The van der Waals surface area contributed by atoms with E-state index in [1.54, 1.807) is 11.8 Å². The number of nitrogens with zero attached hydrogens (tertiary/aromatic N) is 3. The number of nitrogens with one attached hydrogen (secondary N) is 2. The number of hydrogen-bond acceptors (Lipinski definition) is 5. The van der Waals surface area contributed by atoms with E-state index in [1.807, 2.05) is 38.1 Å². The molecule has 7 nitrogen and oxygen atoms in total. The van der Waals surface area contributed by atoms with E-state index in [0.29, 0.717) is 25.4 Å². The summed E-state index contributed by atoms with van der Waals surface area (Å²) in [5.74, 6) is -0.0532. The standard InChI is InChI=1S/C17H25N5O2.ClH/c1-13-4-6-15(7-5-13)22-14(2)16(20-21-22)12-17(23)19-9-8-18-10-11-24-3;/h4-7,18H,8-12H2,1-3H3,(H,19,23);1H. The Morgan fingerprint density at radius 3 is 2.56 bits per heavy atom. The van der Waals surface area contributed by atoms with Crippen LogP contribution in [0.2, 0.25) is 0 Å². The maximum Gasteiger partial charge on any atom is 0.226 e. The highest BCUT2D eigenvalue weighted by atomic mass is 35.5. The van der Waals surface area contributed by atoms with Gasteiger partial charge in [0.05, 0.1) is 30.1 Å². The van der Waals surface area contributed by atoms with Crippen LogP contribution < -0.4 is 10.6 Å². The van der Waals surface area contributed by atoms with E-state index in [2.05, 4.69) is 20.9 Å². The Hall–Kier alpha value is -1.96. The third-order valence-corrected chi connectivity index (χ3v) is 3.70. The molecule has 0 aliphatic heterocycles. The van der Waals surface area contributed by atoms with Crippen molar-refractivity contribution >= 4 is 18.3 Å². The molecular formula is C17H26ClN5O2. The van der Waals surface area contributed by atoms with Crippen molar-refractivity contribution in [3.05, 3.63) is 41.2 Å². The first-order valence-corrected chi connectivity index (χ1v) is 8.06. The monoisotopic (exact) mass is 367 g/mol. The topological polar surface area (TPSA) is 81.1 Å². The predicted octanol–water partition coefficient (Wildman–Crippen LogP) is 1.20.